The average molecular weight is 443 g/mol. The van der Waals surface area contributed by atoms with Gasteiger partial charge in [0.2, 0.25) is 0 Å². The molecule has 2 aromatic rings. The van der Waals surface area contributed by atoms with Crippen molar-refractivity contribution in [3.05, 3.63) is 70.2 Å². The average Bonchev–Trinajstić information content (AvgIpc) is 2.76. The molecular formula is C24H31ClN4O2. The molecule has 1 heterocycles. The highest BCUT2D eigenvalue weighted by Gasteiger charge is 2.26. The summed E-state index contributed by atoms with van der Waals surface area (Å²) in [5.74, 6) is 0.780. The van der Waals surface area contributed by atoms with Crippen LogP contribution in [0, 0.1) is 0 Å². The lowest BCUT2D eigenvalue weighted by molar-refractivity contribution is -0.0586. The minimum absolute atomic E-state index is 0.0542. The maximum atomic E-state index is 12.8. The van der Waals surface area contributed by atoms with Gasteiger partial charge in [-0.25, -0.2) is 0 Å². The van der Waals surface area contributed by atoms with Crippen molar-refractivity contribution in [2.24, 2.45) is 4.99 Å². The van der Waals surface area contributed by atoms with Gasteiger partial charge < -0.3 is 20.3 Å². The van der Waals surface area contributed by atoms with Gasteiger partial charge in [0.05, 0.1) is 12.2 Å². The first-order valence-electron chi connectivity index (χ1n) is 10.7. The van der Waals surface area contributed by atoms with E-state index in [1.165, 1.54) is 0 Å². The number of aliphatic imine (C=N–C) groups is 1. The molecular weight excluding hydrogens is 412 g/mol. The molecule has 2 aromatic carbocycles. The quantitative estimate of drug-likeness (QED) is 0.530. The van der Waals surface area contributed by atoms with Crippen molar-refractivity contribution in [2.45, 2.75) is 39.0 Å². The fourth-order valence-electron chi connectivity index (χ4n) is 3.71. The summed E-state index contributed by atoms with van der Waals surface area (Å²) in [7, 11) is 1.75. The van der Waals surface area contributed by atoms with Crippen molar-refractivity contribution in [3.8, 4) is 0 Å². The number of carbonyl (C=O) groups is 1. The molecule has 166 valence electrons. The SMILES string of the molecule is CN=C(NCCc1ccccc1Cl)NCc1ccc(C(=O)N2CC(C)OC(C)C2)cc1. The summed E-state index contributed by atoms with van der Waals surface area (Å²) in [6.07, 6.45) is 0.942. The molecule has 0 spiro atoms. The van der Waals surface area contributed by atoms with Gasteiger partial charge in [0.25, 0.3) is 5.91 Å². The van der Waals surface area contributed by atoms with E-state index in [0.717, 1.165) is 35.1 Å². The number of hydrogen-bond donors (Lipinski definition) is 2. The zero-order valence-electron chi connectivity index (χ0n) is 18.4. The number of nitrogens with one attached hydrogen (secondary N) is 2. The van der Waals surface area contributed by atoms with Gasteiger partial charge in [-0.2, -0.15) is 0 Å². The summed E-state index contributed by atoms with van der Waals surface area (Å²) < 4.78 is 5.72. The lowest BCUT2D eigenvalue weighted by Gasteiger charge is -2.35. The molecule has 2 atom stereocenters. The van der Waals surface area contributed by atoms with E-state index in [1.54, 1.807) is 7.05 Å². The Morgan fingerprint density at radius 1 is 1.10 bits per heavy atom. The Labute approximate surface area is 189 Å². The van der Waals surface area contributed by atoms with Crippen LogP contribution in [0.15, 0.2) is 53.5 Å². The molecule has 0 saturated carbocycles. The number of halogens is 1. The third-order valence-electron chi connectivity index (χ3n) is 5.24. The Morgan fingerprint density at radius 3 is 2.42 bits per heavy atom. The topological polar surface area (TPSA) is 66.0 Å². The summed E-state index contributed by atoms with van der Waals surface area (Å²) in [5, 5.41) is 7.39. The molecule has 1 fully saturated rings. The fourth-order valence-corrected chi connectivity index (χ4v) is 3.94. The molecule has 2 N–H and O–H groups in total. The van der Waals surface area contributed by atoms with Crippen LogP contribution >= 0.6 is 11.6 Å². The van der Waals surface area contributed by atoms with Gasteiger partial charge in [0.15, 0.2) is 5.96 Å². The number of guanidine groups is 1. The summed E-state index contributed by atoms with van der Waals surface area (Å²) in [4.78, 5) is 18.9. The number of ether oxygens (including phenoxy) is 1. The summed E-state index contributed by atoms with van der Waals surface area (Å²) in [6, 6.07) is 15.6. The third-order valence-corrected chi connectivity index (χ3v) is 5.60. The number of morpholine rings is 1. The minimum Gasteiger partial charge on any atom is -0.372 e. The molecule has 31 heavy (non-hydrogen) atoms. The number of nitrogens with zero attached hydrogens (tertiary/aromatic N) is 2. The Bertz CT molecular complexity index is 891. The highest BCUT2D eigenvalue weighted by atomic mass is 35.5. The number of rotatable bonds is 6. The smallest absolute Gasteiger partial charge is 0.254 e. The summed E-state index contributed by atoms with van der Waals surface area (Å²) in [6.45, 7) is 6.60. The lowest BCUT2D eigenvalue weighted by Crippen LogP contribution is -2.48. The predicted molar refractivity (Wildman–Crippen MR) is 126 cm³/mol. The van der Waals surface area contributed by atoms with Crippen molar-refractivity contribution < 1.29 is 9.53 Å². The van der Waals surface area contributed by atoms with Crippen LogP contribution in [0.25, 0.3) is 0 Å². The number of amides is 1. The number of benzene rings is 2. The molecule has 1 aliphatic heterocycles. The van der Waals surface area contributed by atoms with Crippen LogP contribution in [0.5, 0.6) is 0 Å². The number of carbonyl (C=O) groups excluding carboxylic acids is 1. The molecule has 2 unspecified atom stereocenters. The van der Waals surface area contributed by atoms with E-state index in [4.69, 9.17) is 16.3 Å². The first kappa shape index (κ1) is 23.1. The summed E-state index contributed by atoms with van der Waals surface area (Å²) >= 11 is 6.21. The molecule has 0 radical (unpaired) electrons. The second-order valence-corrected chi connectivity index (χ2v) is 8.27. The first-order chi connectivity index (χ1) is 15.0. The van der Waals surface area contributed by atoms with E-state index in [-0.39, 0.29) is 18.1 Å². The maximum absolute atomic E-state index is 12.8. The third kappa shape index (κ3) is 6.71. The van der Waals surface area contributed by atoms with Crippen LogP contribution in [-0.2, 0) is 17.7 Å². The molecule has 0 aliphatic carbocycles. The maximum Gasteiger partial charge on any atom is 0.254 e. The molecule has 7 heteroatoms. The lowest BCUT2D eigenvalue weighted by atomic mass is 10.1. The zero-order chi connectivity index (χ0) is 22.2. The molecule has 1 amide bonds. The van der Waals surface area contributed by atoms with Gasteiger partial charge in [-0.3, -0.25) is 9.79 Å². The molecule has 3 rings (SSSR count). The van der Waals surface area contributed by atoms with Gasteiger partial charge in [-0.15, -0.1) is 0 Å². The van der Waals surface area contributed by atoms with Gasteiger partial charge in [-0.1, -0.05) is 41.9 Å². The highest BCUT2D eigenvalue weighted by molar-refractivity contribution is 6.31. The molecule has 0 bridgehead atoms. The van der Waals surface area contributed by atoms with Gasteiger partial charge >= 0.3 is 0 Å². The van der Waals surface area contributed by atoms with Crippen LogP contribution in [0.4, 0.5) is 0 Å². The van der Waals surface area contributed by atoms with Crippen molar-refractivity contribution >= 4 is 23.5 Å². The summed E-state index contributed by atoms with van der Waals surface area (Å²) in [5.41, 5.74) is 2.89. The van der Waals surface area contributed by atoms with Gasteiger partial charge in [-0.05, 0) is 49.6 Å². The van der Waals surface area contributed by atoms with E-state index in [0.29, 0.717) is 25.2 Å². The minimum atomic E-state index is 0.0542. The standard InChI is InChI=1S/C24H31ClN4O2/c1-17-15-29(16-18(2)31-17)23(30)21-10-8-19(9-11-21)14-28-24(26-3)27-13-12-20-6-4-5-7-22(20)25/h4-11,17-18H,12-16H2,1-3H3,(H2,26,27,28). The van der Waals surface area contributed by atoms with E-state index >= 15 is 0 Å². The largest absolute Gasteiger partial charge is 0.372 e. The van der Waals surface area contributed by atoms with Crippen molar-refractivity contribution in [1.82, 2.24) is 15.5 Å². The Hall–Kier alpha value is -2.57. The van der Waals surface area contributed by atoms with Crippen LogP contribution in [0.1, 0.15) is 35.3 Å². The van der Waals surface area contributed by atoms with Crippen LogP contribution in [-0.4, -0.2) is 55.7 Å². The Kier molecular flexibility index (Phi) is 8.32. The molecule has 1 aliphatic rings. The zero-order valence-corrected chi connectivity index (χ0v) is 19.2. The highest BCUT2D eigenvalue weighted by Crippen LogP contribution is 2.16. The van der Waals surface area contributed by atoms with Crippen molar-refractivity contribution in [1.29, 1.82) is 0 Å². The number of hydrogen-bond acceptors (Lipinski definition) is 3. The van der Waals surface area contributed by atoms with E-state index in [2.05, 4.69) is 15.6 Å². The molecule has 0 aromatic heterocycles. The van der Waals surface area contributed by atoms with Crippen molar-refractivity contribution in [2.75, 3.05) is 26.7 Å². The van der Waals surface area contributed by atoms with E-state index in [1.807, 2.05) is 67.3 Å². The van der Waals surface area contributed by atoms with E-state index < -0.39 is 0 Å². The van der Waals surface area contributed by atoms with Crippen molar-refractivity contribution in [3.63, 3.8) is 0 Å². The van der Waals surface area contributed by atoms with Crippen LogP contribution in [0.3, 0.4) is 0 Å². The van der Waals surface area contributed by atoms with E-state index in [9.17, 15) is 4.79 Å². The second kappa shape index (κ2) is 11.2. The molecule has 1 saturated heterocycles. The monoisotopic (exact) mass is 442 g/mol. The Balaban J connectivity index is 1.47. The van der Waals surface area contributed by atoms with Crippen LogP contribution in [0.2, 0.25) is 5.02 Å². The molecule has 6 nitrogen and oxygen atoms in total. The normalized spacial score (nSPS) is 19.2. The van der Waals surface area contributed by atoms with Gasteiger partial charge in [0.1, 0.15) is 0 Å². The fraction of sp³-hybridized carbons (Fsp3) is 0.417. The van der Waals surface area contributed by atoms with Crippen LogP contribution < -0.4 is 10.6 Å². The van der Waals surface area contributed by atoms with Gasteiger partial charge in [0, 0.05) is 43.8 Å². The Morgan fingerprint density at radius 2 is 1.77 bits per heavy atom. The predicted octanol–water partition coefficient (Wildman–Crippen LogP) is 3.50. The first-order valence-corrected chi connectivity index (χ1v) is 11.1. The second-order valence-electron chi connectivity index (χ2n) is 7.86.